The molecule has 0 aliphatic heterocycles. The van der Waals surface area contributed by atoms with E-state index in [-0.39, 0.29) is 22.8 Å². The molecule has 2 rings (SSSR count). The van der Waals surface area contributed by atoms with Crippen molar-refractivity contribution < 1.29 is 13.2 Å². The Hall–Kier alpha value is -2.18. The number of nitrogens with zero attached hydrogens (tertiary/aromatic N) is 1. The van der Waals surface area contributed by atoms with Crippen LogP contribution in [0.25, 0.3) is 0 Å². The first-order valence-corrected chi connectivity index (χ1v) is 9.51. The highest BCUT2D eigenvalue weighted by Gasteiger charge is 2.19. The maximum Gasteiger partial charge on any atom is 0.241 e. The number of rotatable bonds is 5. The number of likely N-dealkylation sites (N-methyl/N-ethyl adjacent to an activating group) is 1. The first kappa shape index (κ1) is 19.1. The first-order chi connectivity index (χ1) is 11.6. The lowest BCUT2D eigenvalue weighted by Gasteiger charge is -2.19. The van der Waals surface area contributed by atoms with Crippen molar-refractivity contribution in [1.82, 2.24) is 4.72 Å². The summed E-state index contributed by atoms with van der Waals surface area (Å²) in [5, 5.41) is 0. The molecule has 134 valence electrons. The Morgan fingerprint density at radius 3 is 2.08 bits per heavy atom. The van der Waals surface area contributed by atoms with Gasteiger partial charge < -0.3 is 4.90 Å². The summed E-state index contributed by atoms with van der Waals surface area (Å²) < 4.78 is 27.1. The van der Waals surface area contributed by atoms with E-state index in [0.717, 1.165) is 5.56 Å². The molecule has 2 aromatic rings. The number of anilines is 1. The second-order valence-corrected chi connectivity index (χ2v) is 8.65. The summed E-state index contributed by atoms with van der Waals surface area (Å²) in [5.74, 6) is -0.332. The summed E-state index contributed by atoms with van der Waals surface area (Å²) in [6.07, 6.45) is 0. The molecule has 0 unspecified atom stereocenters. The van der Waals surface area contributed by atoms with Crippen LogP contribution in [0.1, 0.15) is 26.3 Å². The third-order valence-corrected chi connectivity index (χ3v) is 5.38. The lowest BCUT2D eigenvalue weighted by Crippen LogP contribution is -2.38. The molecule has 1 amide bonds. The molecule has 0 aliphatic rings. The standard InChI is InChI=1S/C19H24N2O3S/c1-19(2,3)15-10-12-17(13-11-15)25(23,24)20-14-18(22)21(4)16-8-6-5-7-9-16/h5-13,20H,14H2,1-4H3. The van der Waals surface area contributed by atoms with E-state index in [4.69, 9.17) is 0 Å². The van der Waals surface area contributed by atoms with Crippen LogP contribution in [-0.2, 0) is 20.2 Å². The third-order valence-electron chi connectivity index (χ3n) is 3.96. The van der Waals surface area contributed by atoms with Crippen LogP contribution in [0.3, 0.4) is 0 Å². The van der Waals surface area contributed by atoms with Crippen molar-refractivity contribution in [1.29, 1.82) is 0 Å². The maximum atomic E-state index is 12.4. The summed E-state index contributed by atoms with van der Waals surface area (Å²) in [6.45, 7) is 5.89. The molecule has 0 aromatic heterocycles. The van der Waals surface area contributed by atoms with Gasteiger partial charge in [-0.05, 0) is 35.2 Å². The van der Waals surface area contributed by atoms with Crippen molar-refractivity contribution in [3.05, 3.63) is 60.2 Å². The highest BCUT2D eigenvalue weighted by atomic mass is 32.2. The van der Waals surface area contributed by atoms with Crippen LogP contribution in [0.4, 0.5) is 5.69 Å². The molecule has 0 atom stereocenters. The minimum Gasteiger partial charge on any atom is -0.314 e. The third kappa shape index (κ3) is 4.90. The summed E-state index contributed by atoms with van der Waals surface area (Å²) in [5.41, 5.74) is 1.71. The zero-order valence-electron chi connectivity index (χ0n) is 15.0. The van der Waals surface area contributed by atoms with Gasteiger partial charge >= 0.3 is 0 Å². The Kier molecular flexibility index (Phi) is 5.65. The van der Waals surface area contributed by atoms with E-state index in [0.29, 0.717) is 5.69 Å². The van der Waals surface area contributed by atoms with E-state index in [2.05, 4.69) is 25.5 Å². The van der Waals surface area contributed by atoms with Crippen LogP contribution in [0, 0.1) is 0 Å². The Bertz CT molecular complexity index is 823. The maximum absolute atomic E-state index is 12.4. The van der Waals surface area contributed by atoms with Crippen molar-refractivity contribution in [3.63, 3.8) is 0 Å². The van der Waals surface area contributed by atoms with Crippen LogP contribution in [0.2, 0.25) is 0 Å². The first-order valence-electron chi connectivity index (χ1n) is 8.03. The number of benzene rings is 2. The van der Waals surface area contributed by atoms with Gasteiger partial charge in [-0.1, -0.05) is 51.1 Å². The van der Waals surface area contributed by atoms with Gasteiger partial charge in [-0.3, -0.25) is 4.79 Å². The molecule has 2 aromatic carbocycles. The van der Waals surface area contributed by atoms with Crippen molar-refractivity contribution in [2.45, 2.75) is 31.1 Å². The molecule has 0 heterocycles. The zero-order valence-corrected chi connectivity index (χ0v) is 15.8. The number of para-hydroxylation sites is 1. The molecule has 6 heteroatoms. The molecular weight excluding hydrogens is 336 g/mol. The van der Waals surface area contributed by atoms with Crippen molar-refractivity contribution in [3.8, 4) is 0 Å². The number of sulfonamides is 1. The molecule has 0 bridgehead atoms. The lowest BCUT2D eigenvalue weighted by atomic mass is 9.87. The van der Waals surface area contributed by atoms with Gasteiger partial charge in [0.05, 0.1) is 11.4 Å². The summed E-state index contributed by atoms with van der Waals surface area (Å²) >= 11 is 0. The van der Waals surface area contributed by atoms with E-state index in [1.54, 1.807) is 43.4 Å². The molecule has 0 saturated heterocycles. The molecule has 0 spiro atoms. The topological polar surface area (TPSA) is 66.5 Å². The van der Waals surface area contributed by atoms with Gasteiger partial charge in [-0.25, -0.2) is 13.1 Å². The Balaban J connectivity index is 2.05. The second kappa shape index (κ2) is 7.37. The van der Waals surface area contributed by atoms with Gasteiger partial charge in [0.25, 0.3) is 0 Å². The highest BCUT2D eigenvalue weighted by molar-refractivity contribution is 7.89. The smallest absolute Gasteiger partial charge is 0.241 e. The molecule has 0 radical (unpaired) electrons. The molecule has 25 heavy (non-hydrogen) atoms. The predicted octanol–water partition coefficient (Wildman–Crippen LogP) is 2.93. The van der Waals surface area contributed by atoms with Gasteiger partial charge in [0, 0.05) is 12.7 Å². The number of amides is 1. The van der Waals surface area contributed by atoms with Gasteiger partial charge in [-0.15, -0.1) is 0 Å². The molecule has 0 fully saturated rings. The van der Waals surface area contributed by atoms with Crippen LogP contribution in [-0.4, -0.2) is 27.9 Å². The Morgan fingerprint density at radius 1 is 1.00 bits per heavy atom. The zero-order chi connectivity index (χ0) is 18.7. The number of carbonyl (C=O) groups excluding carboxylic acids is 1. The van der Waals surface area contributed by atoms with Gasteiger partial charge in [-0.2, -0.15) is 0 Å². The number of hydrogen-bond acceptors (Lipinski definition) is 3. The average Bonchev–Trinajstić information content (AvgIpc) is 2.59. The monoisotopic (exact) mass is 360 g/mol. The number of nitrogens with one attached hydrogen (secondary N) is 1. The van der Waals surface area contributed by atoms with E-state index < -0.39 is 10.0 Å². The molecule has 0 saturated carbocycles. The predicted molar refractivity (Wildman–Crippen MR) is 100 cm³/mol. The lowest BCUT2D eigenvalue weighted by molar-refractivity contribution is -0.117. The molecule has 5 nitrogen and oxygen atoms in total. The van der Waals surface area contributed by atoms with Crippen molar-refractivity contribution in [2.24, 2.45) is 0 Å². The van der Waals surface area contributed by atoms with Crippen LogP contribution < -0.4 is 9.62 Å². The fraction of sp³-hybridized carbons (Fsp3) is 0.316. The fourth-order valence-corrected chi connectivity index (χ4v) is 3.26. The van der Waals surface area contributed by atoms with Crippen LogP contribution >= 0.6 is 0 Å². The SMILES string of the molecule is CN(C(=O)CNS(=O)(=O)c1ccc(C(C)(C)C)cc1)c1ccccc1. The second-order valence-electron chi connectivity index (χ2n) is 6.89. The minimum atomic E-state index is -3.73. The largest absolute Gasteiger partial charge is 0.314 e. The van der Waals surface area contributed by atoms with E-state index in [9.17, 15) is 13.2 Å². The number of carbonyl (C=O) groups is 1. The quantitative estimate of drug-likeness (QED) is 0.891. The summed E-state index contributed by atoms with van der Waals surface area (Å²) in [6, 6.07) is 15.8. The Labute approximate surface area is 149 Å². The van der Waals surface area contributed by atoms with Gasteiger partial charge in [0.1, 0.15) is 0 Å². The summed E-state index contributed by atoms with van der Waals surface area (Å²) in [4.78, 5) is 13.8. The highest BCUT2D eigenvalue weighted by Crippen LogP contribution is 2.23. The van der Waals surface area contributed by atoms with Gasteiger partial charge in [0.2, 0.25) is 15.9 Å². The Morgan fingerprint density at radius 2 is 1.56 bits per heavy atom. The van der Waals surface area contributed by atoms with E-state index in [1.165, 1.54) is 4.90 Å². The van der Waals surface area contributed by atoms with Crippen LogP contribution in [0.5, 0.6) is 0 Å². The van der Waals surface area contributed by atoms with Crippen molar-refractivity contribution in [2.75, 3.05) is 18.5 Å². The molecule has 1 N–H and O–H groups in total. The van der Waals surface area contributed by atoms with Crippen LogP contribution in [0.15, 0.2) is 59.5 Å². The fourth-order valence-electron chi connectivity index (χ4n) is 2.29. The van der Waals surface area contributed by atoms with E-state index in [1.807, 2.05) is 18.2 Å². The molecular formula is C19H24N2O3S. The van der Waals surface area contributed by atoms with E-state index >= 15 is 0 Å². The normalized spacial score (nSPS) is 12.0. The van der Waals surface area contributed by atoms with Crippen molar-refractivity contribution >= 4 is 21.6 Å². The molecule has 0 aliphatic carbocycles. The average molecular weight is 360 g/mol. The number of hydrogen-bond donors (Lipinski definition) is 1. The van der Waals surface area contributed by atoms with Gasteiger partial charge in [0.15, 0.2) is 0 Å². The minimum absolute atomic E-state index is 0.0515. The summed E-state index contributed by atoms with van der Waals surface area (Å²) in [7, 11) is -2.12.